The second-order valence-electron chi connectivity index (χ2n) is 3.73. The maximum Gasteiger partial charge on any atom is 0.140 e. The van der Waals surface area contributed by atoms with Gasteiger partial charge in [0.2, 0.25) is 0 Å². The molecule has 0 unspecified atom stereocenters. The van der Waals surface area contributed by atoms with Crippen molar-refractivity contribution in [3.8, 4) is 0 Å². The Labute approximate surface area is 112 Å². The highest BCUT2D eigenvalue weighted by molar-refractivity contribution is 14.1. The molecule has 0 amide bonds. The maximum absolute atomic E-state index is 13.0. The van der Waals surface area contributed by atoms with E-state index in [1.807, 2.05) is 13.0 Å². The zero-order valence-electron chi connectivity index (χ0n) is 9.24. The summed E-state index contributed by atoms with van der Waals surface area (Å²) in [5, 5.41) is 0. The first-order valence-electron chi connectivity index (χ1n) is 5.09. The van der Waals surface area contributed by atoms with E-state index < -0.39 is 0 Å². The molecule has 1 aromatic heterocycles. The quantitative estimate of drug-likeness (QED) is 0.853. The zero-order chi connectivity index (χ0) is 12.4. The van der Waals surface area contributed by atoms with Crippen molar-refractivity contribution in [3.05, 3.63) is 50.7 Å². The van der Waals surface area contributed by atoms with Gasteiger partial charge in [-0.3, -0.25) is 0 Å². The van der Waals surface area contributed by atoms with E-state index in [1.54, 1.807) is 6.07 Å². The Bertz CT molecular complexity index is 534. The van der Waals surface area contributed by atoms with Gasteiger partial charge in [-0.1, -0.05) is 12.1 Å². The molecule has 2 N–H and O–H groups in total. The van der Waals surface area contributed by atoms with Crippen LogP contribution in [0.15, 0.2) is 24.3 Å². The van der Waals surface area contributed by atoms with Crippen molar-refractivity contribution in [1.29, 1.82) is 0 Å². The average molecular weight is 343 g/mol. The number of rotatable bonds is 2. The average Bonchev–Trinajstić information content (AvgIpc) is 2.26. The molecule has 2 aromatic rings. The van der Waals surface area contributed by atoms with Crippen LogP contribution in [0.5, 0.6) is 0 Å². The summed E-state index contributed by atoms with van der Waals surface area (Å²) in [6, 6.07) is 6.41. The van der Waals surface area contributed by atoms with E-state index in [9.17, 15) is 4.39 Å². The van der Waals surface area contributed by atoms with Crippen LogP contribution in [0.25, 0.3) is 0 Å². The molecule has 0 bridgehead atoms. The first kappa shape index (κ1) is 12.2. The molecule has 17 heavy (non-hydrogen) atoms. The van der Waals surface area contributed by atoms with Crippen LogP contribution in [-0.2, 0) is 6.42 Å². The lowest BCUT2D eigenvalue weighted by Gasteiger charge is -2.06. The Balaban J connectivity index is 2.31. The molecule has 0 aliphatic heterocycles. The SMILES string of the molecule is Cc1nc(Cc2cccc(F)c2)nc(N)c1I. The van der Waals surface area contributed by atoms with Gasteiger partial charge in [-0.2, -0.15) is 0 Å². The van der Waals surface area contributed by atoms with E-state index in [0.717, 1.165) is 14.8 Å². The summed E-state index contributed by atoms with van der Waals surface area (Å²) >= 11 is 2.11. The Hall–Kier alpha value is -1.24. The van der Waals surface area contributed by atoms with E-state index >= 15 is 0 Å². The van der Waals surface area contributed by atoms with Crippen LogP contribution in [0.3, 0.4) is 0 Å². The molecule has 1 aromatic carbocycles. The number of nitrogens with zero attached hydrogens (tertiary/aromatic N) is 2. The molecule has 0 radical (unpaired) electrons. The summed E-state index contributed by atoms with van der Waals surface area (Å²) in [4.78, 5) is 8.53. The summed E-state index contributed by atoms with van der Waals surface area (Å²) in [5.74, 6) is 0.841. The molecule has 0 aliphatic rings. The summed E-state index contributed by atoms with van der Waals surface area (Å²) in [5.41, 5.74) is 7.46. The molecule has 5 heteroatoms. The zero-order valence-corrected chi connectivity index (χ0v) is 11.4. The Morgan fingerprint density at radius 2 is 2.12 bits per heavy atom. The van der Waals surface area contributed by atoms with E-state index in [4.69, 9.17) is 5.73 Å². The lowest BCUT2D eigenvalue weighted by atomic mass is 10.1. The third-order valence-electron chi connectivity index (χ3n) is 2.34. The number of anilines is 1. The number of benzene rings is 1. The van der Waals surface area contributed by atoms with Gasteiger partial charge >= 0.3 is 0 Å². The molecule has 2 rings (SSSR count). The van der Waals surface area contributed by atoms with Crippen LogP contribution in [0, 0.1) is 16.3 Å². The number of aryl methyl sites for hydroxylation is 1. The minimum Gasteiger partial charge on any atom is -0.383 e. The van der Waals surface area contributed by atoms with Crippen LogP contribution < -0.4 is 5.73 Å². The van der Waals surface area contributed by atoms with Gasteiger partial charge in [0.05, 0.1) is 9.26 Å². The van der Waals surface area contributed by atoms with E-state index in [-0.39, 0.29) is 5.82 Å². The molecule has 0 aliphatic carbocycles. The number of nitrogen functional groups attached to an aromatic ring is 1. The molecule has 0 saturated heterocycles. The predicted molar refractivity (Wildman–Crippen MR) is 73.1 cm³/mol. The van der Waals surface area contributed by atoms with E-state index in [1.165, 1.54) is 12.1 Å². The summed E-state index contributed by atoms with van der Waals surface area (Å²) in [6.45, 7) is 1.88. The number of nitrogens with two attached hydrogens (primary N) is 1. The second-order valence-corrected chi connectivity index (χ2v) is 4.81. The molecule has 88 valence electrons. The van der Waals surface area contributed by atoms with Gasteiger partial charge < -0.3 is 5.73 Å². The summed E-state index contributed by atoms with van der Waals surface area (Å²) < 4.78 is 13.9. The minimum atomic E-state index is -0.252. The topological polar surface area (TPSA) is 51.8 Å². The number of halogens is 2. The van der Waals surface area contributed by atoms with Crippen LogP contribution in [0.2, 0.25) is 0 Å². The highest BCUT2D eigenvalue weighted by Gasteiger charge is 2.07. The molecule has 0 spiro atoms. The van der Waals surface area contributed by atoms with Gasteiger partial charge in [-0.05, 0) is 47.2 Å². The Morgan fingerprint density at radius 3 is 2.76 bits per heavy atom. The van der Waals surface area contributed by atoms with E-state index in [2.05, 4.69) is 32.6 Å². The predicted octanol–water partition coefficient (Wildman–Crippen LogP) is 2.70. The smallest absolute Gasteiger partial charge is 0.140 e. The molecule has 0 fully saturated rings. The Kier molecular flexibility index (Phi) is 3.56. The van der Waals surface area contributed by atoms with E-state index in [0.29, 0.717) is 18.1 Å². The standard InChI is InChI=1S/C12H11FIN3/c1-7-11(14)12(15)17-10(16-7)6-8-3-2-4-9(13)5-8/h2-5H,6H2,1H3,(H2,15,16,17). The number of hydrogen-bond acceptors (Lipinski definition) is 3. The van der Waals surface area contributed by atoms with Gasteiger partial charge in [-0.25, -0.2) is 14.4 Å². The minimum absolute atomic E-state index is 0.252. The van der Waals surface area contributed by atoms with Gasteiger partial charge in [0.1, 0.15) is 17.5 Å². The highest BCUT2D eigenvalue weighted by atomic mass is 127. The van der Waals surface area contributed by atoms with Crippen molar-refractivity contribution < 1.29 is 4.39 Å². The number of aromatic nitrogens is 2. The molecule has 0 saturated carbocycles. The van der Waals surface area contributed by atoms with Crippen molar-refractivity contribution >= 4 is 28.4 Å². The van der Waals surface area contributed by atoms with Gasteiger partial charge in [0.15, 0.2) is 0 Å². The van der Waals surface area contributed by atoms with Gasteiger partial charge in [-0.15, -0.1) is 0 Å². The largest absolute Gasteiger partial charge is 0.383 e. The van der Waals surface area contributed by atoms with Crippen molar-refractivity contribution in [1.82, 2.24) is 9.97 Å². The fourth-order valence-electron chi connectivity index (χ4n) is 1.55. The normalized spacial score (nSPS) is 10.5. The lowest BCUT2D eigenvalue weighted by Crippen LogP contribution is -2.05. The number of hydrogen-bond donors (Lipinski definition) is 1. The summed E-state index contributed by atoms with van der Waals surface area (Å²) in [6.07, 6.45) is 0.486. The van der Waals surface area contributed by atoms with Crippen LogP contribution >= 0.6 is 22.6 Å². The third-order valence-corrected chi connectivity index (χ3v) is 3.67. The van der Waals surface area contributed by atoms with Crippen molar-refractivity contribution in [2.45, 2.75) is 13.3 Å². The highest BCUT2D eigenvalue weighted by Crippen LogP contribution is 2.17. The molecular weight excluding hydrogens is 332 g/mol. The van der Waals surface area contributed by atoms with Gasteiger partial charge in [0.25, 0.3) is 0 Å². The van der Waals surface area contributed by atoms with Crippen molar-refractivity contribution in [3.63, 3.8) is 0 Å². The Morgan fingerprint density at radius 1 is 1.35 bits per heavy atom. The van der Waals surface area contributed by atoms with Crippen LogP contribution in [-0.4, -0.2) is 9.97 Å². The molecule has 0 atom stereocenters. The fraction of sp³-hybridized carbons (Fsp3) is 0.167. The van der Waals surface area contributed by atoms with Gasteiger partial charge in [0, 0.05) is 6.42 Å². The first-order chi connectivity index (χ1) is 8.06. The van der Waals surface area contributed by atoms with Crippen molar-refractivity contribution in [2.75, 3.05) is 5.73 Å². The van der Waals surface area contributed by atoms with Crippen LogP contribution in [0.1, 0.15) is 17.1 Å². The van der Waals surface area contributed by atoms with Crippen molar-refractivity contribution in [2.24, 2.45) is 0 Å². The fourth-order valence-corrected chi connectivity index (χ4v) is 1.79. The molecule has 1 heterocycles. The lowest BCUT2D eigenvalue weighted by molar-refractivity contribution is 0.625. The monoisotopic (exact) mass is 343 g/mol. The summed E-state index contributed by atoms with van der Waals surface area (Å²) in [7, 11) is 0. The second kappa shape index (κ2) is 4.95. The maximum atomic E-state index is 13.0. The first-order valence-corrected chi connectivity index (χ1v) is 6.17. The third kappa shape index (κ3) is 2.91. The van der Waals surface area contributed by atoms with Crippen LogP contribution in [0.4, 0.5) is 10.2 Å². The molecule has 3 nitrogen and oxygen atoms in total. The molecular formula is C12H11FIN3.